The van der Waals surface area contributed by atoms with Gasteiger partial charge in [-0.1, -0.05) is 188 Å². The van der Waals surface area contributed by atoms with Crippen molar-refractivity contribution in [3.8, 4) is 112 Å². The van der Waals surface area contributed by atoms with Gasteiger partial charge in [0.05, 0.1) is 56.2 Å². The first-order chi connectivity index (χ1) is 42.7. The van der Waals surface area contributed by atoms with E-state index in [0.29, 0.717) is 0 Å². The Balaban J connectivity index is 0.942. The van der Waals surface area contributed by atoms with Crippen LogP contribution in [0.1, 0.15) is 0 Å². The molecule has 10 aromatic carbocycles. The van der Waals surface area contributed by atoms with Crippen LogP contribution in [-0.4, -0.2) is 29.1 Å². The Morgan fingerprint density at radius 1 is 0.198 bits per heavy atom. The van der Waals surface area contributed by atoms with E-state index in [9.17, 15) is 0 Å². The van der Waals surface area contributed by atoms with Crippen LogP contribution in [-0.2, 0) is 0 Å². The fourth-order valence-electron chi connectivity index (χ4n) is 12.9. The van der Waals surface area contributed by atoms with E-state index in [1.165, 1.54) is 21.5 Å². The second kappa shape index (κ2) is 21.3. The number of rotatable bonds is 11. The summed E-state index contributed by atoms with van der Waals surface area (Å²) in [7, 11) is 0. The van der Waals surface area contributed by atoms with Gasteiger partial charge in [-0.15, -0.1) is 0 Å². The first-order valence-corrected chi connectivity index (χ1v) is 29.1. The molecule has 0 radical (unpaired) electrons. The van der Waals surface area contributed by atoms with Crippen LogP contribution in [0.5, 0.6) is 0 Å². The molecule has 0 aliphatic carbocycles. The highest BCUT2D eigenvalue weighted by molar-refractivity contribution is 6.11. The number of aromatic nitrogens is 6. The van der Waals surface area contributed by atoms with Gasteiger partial charge in [-0.25, -0.2) is 0 Å². The Hall–Kier alpha value is -11.6. The zero-order valence-electron chi connectivity index (χ0n) is 46.7. The maximum atomic E-state index is 5.14. The molecular weight excluding hydrogens is 1040 g/mol. The third kappa shape index (κ3) is 8.75. The predicted molar refractivity (Wildman–Crippen MR) is 355 cm³/mol. The summed E-state index contributed by atoms with van der Waals surface area (Å²) in [5.41, 5.74) is 25.2. The molecular formula is C80H52N6. The van der Waals surface area contributed by atoms with E-state index < -0.39 is 0 Å². The molecule has 0 fully saturated rings. The van der Waals surface area contributed by atoms with Crippen molar-refractivity contribution in [3.05, 3.63) is 316 Å². The molecule has 0 unspecified atom stereocenters. The van der Waals surface area contributed by atoms with Gasteiger partial charge in [-0.3, -0.25) is 19.9 Å². The number of hydrogen-bond acceptors (Lipinski definition) is 4. The Kier molecular flexibility index (Phi) is 12.4. The molecule has 86 heavy (non-hydrogen) atoms. The molecule has 0 saturated heterocycles. The quantitative estimate of drug-likeness (QED) is 0.129. The van der Waals surface area contributed by atoms with E-state index in [1.54, 1.807) is 0 Å². The van der Waals surface area contributed by atoms with Gasteiger partial charge in [0.2, 0.25) is 0 Å². The first kappa shape index (κ1) is 50.2. The summed E-state index contributed by atoms with van der Waals surface area (Å²) >= 11 is 0. The average molecular weight is 1100 g/mol. The van der Waals surface area contributed by atoms with Crippen LogP contribution >= 0.6 is 0 Å². The number of para-hydroxylation sites is 4. The lowest BCUT2D eigenvalue weighted by Gasteiger charge is -2.21. The summed E-state index contributed by atoms with van der Waals surface area (Å²) in [6, 6.07) is 105. The second-order valence-electron chi connectivity index (χ2n) is 21.7. The van der Waals surface area contributed by atoms with Gasteiger partial charge in [0, 0.05) is 79.7 Å². The van der Waals surface area contributed by atoms with Crippen molar-refractivity contribution in [1.29, 1.82) is 0 Å². The summed E-state index contributed by atoms with van der Waals surface area (Å²) in [6.45, 7) is 0. The second-order valence-corrected chi connectivity index (χ2v) is 21.7. The smallest absolute Gasteiger partial charge is 0.0717 e. The molecule has 6 heteroatoms. The summed E-state index contributed by atoms with van der Waals surface area (Å²) in [6.07, 6.45) is 7.50. The van der Waals surface area contributed by atoms with Crippen LogP contribution in [0.3, 0.4) is 0 Å². The van der Waals surface area contributed by atoms with Crippen molar-refractivity contribution in [3.63, 3.8) is 0 Å². The number of benzene rings is 10. The molecule has 16 aromatic rings. The minimum atomic E-state index is 0.876. The zero-order chi connectivity index (χ0) is 56.9. The van der Waals surface area contributed by atoms with Crippen LogP contribution in [0.15, 0.2) is 316 Å². The Morgan fingerprint density at radius 2 is 0.523 bits per heavy atom. The number of fused-ring (bicyclic) bond motifs is 6. The van der Waals surface area contributed by atoms with E-state index in [1.807, 2.05) is 55.1 Å². The third-order valence-corrected chi connectivity index (χ3v) is 16.8. The highest BCUT2D eigenvalue weighted by Crippen LogP contribution is 2.47. The van der Waals surface area contributed by atoms with Crippen LogP contribution in [0, 0.1) is 0 Å². The fraction of sp³-hybridized carbons (Fsp3) is 0. The zero-order valence-corrected chi connectivity index (χ0v) is 46.7. The van der Waals surface area contributed by atoms with Gasteiger partial charge in [0.15, 0.2) is 0 Å². The van der Waals surface area contributed by atoms with Crippen LogP contribution < -0.4 is 0 Å². The fourth-order valence-corrected chi connectivity index (χ4v) is 12.9. The highest BCUT2D eigenvalue weighted by Gasteiger charge is 2.23. The van der Waals surface area contributed by atoms with Gasteiger partial charge >= 0.3 is 0 Å². The third-order valence-electron chi connectivity index (χ3n) is 16.8. The first-order valence-electron chi connectivity index (χ1n) is 29.1. The average Bonchev–Trinajstić information content (AvgIpc) is 2.02. The van der Waals surface area contributed by atoms with Crippen molar-refractivity contribution < 1.29 is 0 Å². The Labute approximate surface area is 498 Å². The van der Waals surface area contributed by atoms with Crippen molar-refractivity contribution >= 4 is 43.6 Å². The molecule has 0 spiro atoms. The maximum Gasteiger partial charge on any atom is 0.0717 e. The summed E-state index contributed by atoms with van der Waals surface area (Å²) in [4.78, 5) is 19.5. The molecule has 0 aliphatic rings. The molecule has 6 heterocycles. The summed E-state index contributed by atoms with van der Waals surface area (Å²) in [5.74, 6) is 0. The van der Waals surface area contributed by atoms with Crippen molar-refractivity contribution in [2.45, 2.75) is 0 Å². The Morgan fingerprint density at radius 3 is 0.895 bits per heavy atom. The molecule has 0 aliphatic heterocycles. The molecule has 0 N–H and O–H groups in total. The summed E-state index contributed by atoms with van der Waals surface area (Å²) in [5, 5.41) is 4.81. The molecule has 0 saturated carbocycles. The van der Waals surface area contributed by atoms with Gasteiger partial charge in [0.1, 0.15) is 0 Å². The minimum Gasteiger partial charge on any atom is -0.309 e. The largest absolute Gasteiger partial charge is 0.309 e. The predicted octanol–water partition coefficient (Wildman–Crippen LogP) is 20.5. The molecule has 402 valence electrons. The normalized spacial score (nSPS) is 11.5. The molecule has 0 atom stereocenters. The standard InChI is InChI=1S/C80H52N6/c1-4-24-62(69-41-38-53(71-31-15-18-44-81-71)50-79(69)85-75-34-11-7-27-65(75)66-28-8-12-35-76(66)85)59(21-1)56-47-57(49-58(48-56)61-23-3-6-26-64(61)74-43-40-55(52-84-74)73-33-17-20-46-83-73)60-22-2-5-25-63(60)70-42-39-54(72-32-16-19-45-82-72)51-80(70)86-77-36-13-9-29-67(77)68-30-10-14-37-78(68)86/h1-52H. The van der Waals surface area contributed by atoms with Gasteiger partial charge in [-0.05, 0) is 148 Å². The lowest BCUT2D eigenvalue weighted by molar-refractivity contribution is 1.18. The van der Waals surface area contributed by atoms with Crippen molar-refractivity contribution in [2.24, 2.45) is 0 Å². The van der Waals surface area contributed by atoms with Crippen LogP contribution in [0.25, 0.3) is 156 Å². The van der Waals surface area contributed by atoms with Gasteiger partial charge in [-0.2, -0.15) is 0 Å². The number of pyridine rings is 4. The van der Waals surface area contributed by atoms with Crippen molar-refractivity contribution in [1.82, 2.24) is 29.1 Å². The molecule has 6 nitrogen and oxygen atoms in total. The molecule has 16 rings (SSSR count). The lowest BCUT2D eigenvalue weighted by atomic mass is 9.86. The topological polar surface area (TPSA) is 61.4 Å². The number of nitrogens with zero attached hydrogens (tertiary/aromatic N) is 6. The van der Waals surface area contributed by atoms with E-state index in [-0.39, 0.29) is 0 Å². The van der Waals surface area contributed by atoms with E-state index in [2.05, 4.69) is 275 Å². The molecule has 0 bridgehead atoms. The van der Waals surface area contributed by atoms with Gasteiger partial charge in [0.25, 0.3) is 0 Å². The minimum absolute atomic E-state index is 0.876. The lowest BCUT2D eigenvalue weighted by Crippen LogP contribution is -2.00. The molecule has 0 amide bonds. The van der Waals surface area contributed by atoms with Crippen LogP contribution in [0.2, 0.25) is 0 Å². The Bertz CT molecular complexity index is 4850. The molecule has 6 aromatic heterocycles. The van der Waals surface area contributed by atoms with E-state index in [4.69, 9.17) is 15.0 Å². The van der Waals surface area contributed by atoms with E-state index >= 15 is 0 Å². The highest BCUT2D eigenvalue weighted by atomic mass is 15.0. The SMILES string of the molecule is c1ccc(-c2ccc(-c3ccccc3-c3cc(-c4ccccc4-c4ccc(-c5ccccn5)cc4-n4c5ccccc5c5ccccc54)cc(-c4ccccc4-c4ccc(-c5ccccn5)cc4-n4c5ccccc5c5ccccc54)c3)nc2)nc1. The maximum absolute atomic E-state index is 5.14. The van der Waals surface area contributed by atoms with Crippen molar-refractivity contribution in [2.75, 3.05) is 0 Å². The monoisotopic (exact) mass is 1100 g/mol. The van der Waals surface area contributed by atoms with E-state index in [0.717, 1.165) is 134 Å². The number of hydrogen-bond donors (Lipinski definition) is 0. The van der Waals surface area contributed by atoms with Gasteiger partial charge < -0.3 is 9.13 Å². The summed E-state index contributed by atoms with van der Waals surface area (Å²) < 4.78 is 4.88. The van der Waals surface area contributed by atoms with Crippen LogP contribution in [0.4, 0.5) is 0 Å².